The van der Waals surface area contributed by atoms with Crippen molar-refractivity contribution in [2.45, 2.75) is 32.2 Å². The third-order valence-corrected chi connectivity index (χ3v) is 2.72. The molecule has 0 radical (unpaired) electrons. The molecule has 4 nitrogen and oxygen atoms in total. The number of hydrogen-bond donors (Lipinski definition) is 1. The highest BCUT2D eigenvalue weighted by molar-refractivity contribution is 6.06. The molecule has 1 aliphatic rings. The third-order valence-electron chi connectivity index (χ3n) is 2.72. The Morgan fingerprint density at radius 3 is 2.71 bits per heavy atom. The van der Waals surface area contributed by atoms with Gasteiger partial charge in [-0.1, -0.05) is 6.92 Å². The van der Waals surface area contributed by atoms with Crippen molar-refractivity contribution in [3.05, 3.63) is 0 Å². The lowest BCUT2D eigenvalue weighted by Gasteiger charge is -2.30. The largest absolute Gasteiger partial charge is 0.325 e. The quantitative estimate of drug-likeness (QED) is 0.532. The van der Waals surface area contributed by atoms with Gasteiger partial charge >= 0.3 is 6.03 Å². The van der Waals surface area contributed by atoms with Crippen LogP contribution in [0.5, 0.6) is 0 Å². The van der Waals surface area contributed by atoms with Gasteiger partial charge in [-0.2, -0.15) is 0 Å². The predicted octanol–water partition coefficient (Wildman–Crippen LogP) is 0.730. The van der Waals surface area contributed by atoms with Crippen LogP contribution in [-0.2, 0) is 4.79 Å². The van der Waals surface area contributed by atoms with E-state index in [9.17, 15) is 9.59 Å². The van der Waals surface area contributed by atoms with E-state index in [4.69, 9.17) is 6.42 Å². The van der Waals surface area contributed by atoms with E-state index in [2.05, 4.69) is 11.2 Å². The fourth-order valence-corrected chi connectivity index (χ4v) is 1.52. The lowest BCUT2D eigenvalue weighted by atomic mass is 9.97. The van der Waals surface area contributed by atoms with Crippen LogP contribution in [0.2, 0.25) is 0 Å². The van der Waals surface area contributed by atoms with Crippen molar-refractivity contribution in [2.24, 2.45) is 0 Å². The lowest BCUT2D eigenvalue weighted by Crippen LogP contribution is -2.46. The fourth-order valence-electron chi connectivity index (χ4n) is 1.52. The summed E-state index contributed by atoms with van der Waals surface area (Å²) in [6.45, 7) is 4.06. The highest BCUT2D eigenvalue weighted by Crippen LogP contribution is 2.24. The number of carbonyl (C=O) groups excluding carboxylic acids is 2. The topological polar surface area (TPSA) is 49.4 Å². The van der Waals surface area contributed by atoms with Crippen molar-refractivity contribution >= 4 is 11.9 Å². The summed E-state index contributed by atoms with van der Waals surface area (Å²) >= 11 is 0. The zero-order valence-corrected chi connectivity index (χ0v) is 8.46. The van der Waals surface area contributed by atoms with Gasteiger partial charge in [0.15, 0.2) is 0 Å². The Bertz CT molecular complexity index is 306. The van der Waals surface area contributed by atoms with Crippen LogP contribution >= 0.6 is 0 Å². The molecule has 1 fully saturated rings. The van der Waals surface area contributed by atoms with Crippen LogP contribution in [0.1, 0.15) is 26.7 Å². The fraction of sp³-hybridized carbons (Fsp3) is 0.600. The molecule has 14 heavy (non-hydrogen) atoms. The molecular weight excluding hydrogens is 180 g/mol. The smallest absolute Gasteiger partial charge is 0.309 e. The van der Waals surface area contributed by atoms with E-state index in [0.29, 0.717) is 19.4 Å². The number of rotatable bonds is 3. The molecule has 1 rings (SSSR count). The molecule has 0 bridgehead atoms. The Labute approximate surface area is 83.6 Å². The number of hydrogen-bond acceptors (Lipinski definition) is 2. The molecule has 0 spiro atoms. The minimum atomic E-state index is -0.728. The molecule has 1 atom stereocenters. The van der Waals surface area contributed by atoms with Gasteiger partial charge in [0, 0.05) is 13.0 Å². The van der Waals surface area contributed by atoms with Crippen LogP contribution in [-0.4, -0.2) is 28.9 Å². The van der Waals surface area contributed by atoms with Crippen molar-refractivity contribution in [3.63, 3.8) is 0 Å². The summed E-state index contributed by atoms with van der Waals surface area (Å²) in [6, 6.07) is -0.338. The van der Waals surface area contributed by atoms with Crippen LogP contribution in [0.25, 0.3) is 0 Å². The standard InChI is InChI=1S/C10H14N2O2/c1-4-6-7-12-9(14)11-8(13)10(12,3)5-2/h1H,5-7H2,2-3H3,(H,11,13,14). The maximum absolute atomic E-state index is 11.5. The molecule has 0 aromatic heterocycles. The van der Waals surface area contributed by atoms with E-state index in [1.165, 1.54) is 4.90 Å². The first kappa shape index (κ1) is 10.6. The lowest BCUT2D eigenvalue weighted by molar-refractivity contribution is -0.126. The average molecular weight is 194 g/mol. The molecule has 1 aliphatic heterocycles. The molecule has 1 unspecified atom stereocenters. The highest BCUT2D eigenvalue weighted by atomic mass is 16.2. The molecule has 0 aromatic rings. The van der Waals surface area contributed by atoms with E-state index in [-0.39, 0.29) is 11.9 Å². The maximum atomic E-state index is 11.5. The summed E-state index contributed by atoms with van der Waals surface area (Å²) < 4.78 is 0. The maximum Gasteiger partial charge on any atom is 0.325 e. The van der Waals surface area contributed by atoms with Crippen LogP contribution < -0.4 is 5.32 Å². The zero-order chi connectivity index (χ0) is 10.8. The first-order valence-electron chi connectivity index (χ1n) is 4.62. The average Bonchev–Trinajstić information content (AvgIpc) is 2.37. The van der Waals surface area contributed by atoms with Gasteiger partial charge < -0.3 is 4.90 Å². The second-order valence-electron chi connectivity index (χ2n) is 3.49. The number of imide groups is 1. The first-order valence-corrected chi connectivity index (χ1v) is 4.62. The van der Waals surface area contributed by atoms with Crippen molar-refractivity contribution < 1.29 is 9.59 Å². The number of amides is 3. The van der Waals surface area contributed by atoms with Crippen molar-refractivity contribution in [1.82, 2.24) is 10.2 Å². The van der Waals surface area contributed by atoms with Crippen LogP contribution in [0, 0.1) is 12.3 Å². The molecule has 0 aliphatic carbocycles. The van der Waals surface area contributed by atoms with E-state index >= 15 is 0 Å². The summed E-state index contributed by atoms with van der Waals surface area (Å²) in [5, 5.41) is 2.30. The Hall–Kier alpha value is -1.50. The number of carbonyl (C=O) groups is 2. The van der Waals surface area contributed by atoms with Gasteiger partial charge in [-0.15, -0.1) is 12.3 Å². The normalized spacial score (nSPS) is 26.2. The summed E-state index contributed by atoms with van der Waals surface area (Å²) in [4.78, 5) is 24.4. The predicted molar refractivity (Wildman–Crippen MR) is 52.4 cm³/mol. The van der Waals surface area contributed by atoms with Crippen molar-refractivity contribution in [1.29, 1.82) is 0 Å². The number of terminal acetylenes is 1. The Balaban J connectivity index is 2.85. The summed E-state index contributed by atoms with van der Waals surface area (Å²) in [7, 11) is 0. The summed E-state index contributed by atoms with van der Waals surface area (Å²) in [5.41, 5.74) is -0.728. The van der Waals surface area contributed by atoms with E-state index in [0.717, 1.165) is 0 Å². The molecule has 3 amide bonds. The van der Waals surface area contributed by atoms with Gasteiger partial charge in [0.1, 0.15) is 5.54 Å². The van der Waals surface area contributed by atoms with Gasteiger partial charge in [-0.05, 0) is 13.3 Å². The minimum Gasteiger partial charge on any atom is -0.309 e. The van der Waals surface area contributed by atoms with Gasteiger partial charge in [0.25, 0.3) is 5.91 Å². The van der Waals surface area contributed by atoms with Gasteiger partial charge in [-0.3, -0.25) is 10.1 Å². The van der Waals surface area contributed by atoms with E-state index in [1.54, 1.807) is 6.92 Å². The monoisotopic (exact) mass is 194 g/mol. The molecule has 1 N–H and O–H groups in total. The van der Waals surface area contributed by atoms with Crippen molar-refractivity contribution in [2.75, 3.05) is 6.54 Å². The van der Waals surface area contributed by atoms with Gasteiger partial charge in [-0.25, -0.2) is 4.79 Å². The van der Waals surface area contributed by atoms with Gasteiger partial charge in [0.2, 0.25) is 0 Å². The SMILES string of the molecule is C#CCCN1C(=O)NC(=O)C1(C)CC. The summed E-state index contributed by atoms with van der Waals surface area (Å²) in [6.07, 6.45) is 6.18. The second kappa shape index (κ2) is 3.70. The molecule has 1 heterocycles. The number of nitrogens with one attached hydrogen (secondary N) is 1. The highest BCUT2D eigenvalue weighted by Gasteiger charge is 2.47. The zero-order valence-electron chi connectivity index (χ0n) is 8.46. The molecule has 1 saturated heterocycles. The Morgan fingerprint density at radius 2 is 2.21 bits per heavy atom. The summed E-state index contributed by atoms with van der Waals surface area (Å²) in [5.74, 6) is 2.22. The van der Waals surface area contributed by atoms with Crippen LogP contribution in [0.15, 0.2) is 0 Å². The van der Waals surface area contributed by atoms with E-state index in [1.807, 2.05) is 6.92 Å². The Kier molecular flexibility index (Phi) is 2.80. The van der Waals surface area contributed by atoms with Gasteiger partial charge in [0.05, 0.1) is 0 Å². The van der Waals surface area contributed by atoms with Crippen LogP contribution in [0.3, 0.4) is 0 Å². The number of urea groups is 1. The second-order valence-corrected chi connectivity index (χ2v) is 3.49. The molecule has 0 saturated carbocycles. The van der Waals surface area contributed by atoms with E-state index < -0.39 is 5.54 Å². The third kappa shape index (κ3) is 1.46. The number of nitrogens with zero attached hydrogens (tertiary/aromatic N) is 1. The molecule has 0 aromatic carbocycles. The first-order chi connectivity index (χ1) is 6.56. The minimum absolute atomic E-state index is 0.234. The molecule has 4 heteroatoms. The van der Waals surface area contributed by atoms with Crippen LogP contribution in [0.4, 0.5) is 4.79 Å². The molecule has 76 valence electrons. The molecular formula is C10H14N2O2. The Morgan fingerprint density at radius 1 is 1.57 bits per heavy atom. The van der Waals surface area contributed by atoms with Crippen molar-refractivity contribution in [3.8, 4) is 12.3 Å².